The summed E-state index contributed by atoms with van der Waals surface area (Å²) in [5, 5.41) is 2.34. The number of amides is 1. The molecule has 0 bridgehead atoms. The molecule has 1 aliphatic heterocycles. The molecule has 3 rings (SSSR count). The van der Waals surface area contributed by atoms with Crippen LogP contribution in [0.15, 0.2) is 45.9 Å². The Labute approximate surface area is 150 Å². The highest BCUT2D eigenvalue weighted by atomic mass is 32.2. The van der Waals surface area contributed by atoms with E-state index in [0.717, 1.165) is 12.8 Å². The highest BCUT2D eigenvalue weighted by Crippen LogP contribution is 2.23. The van der Waals surface area contributed by atoms with Gasteiger partial charge >= 0.3 is 5.97 Å². The van der Waals surface area contributed by atoms with Crippen molar-refractivity contribution in [2.24, 2.45) is 0 Å². The number of nitrogens with one attached hydrogen (secondary N) is 1. The highest BCUT2D eigenvalue weighted by molar-refractivity contribution is 7.89. The van der Waals surface area contributed by atoms with Gasteiger partial charge in [-0.15, -0.1) is 0 Å². The number of benzene rings is 1. The van der Waals surface area contributed by atoms with E-state index < -0.39 is 21.9 Å². The molecule has 1 amide bonds. The van der Waals surface area contributed by atoms with Gasteiger partial charge in [-0.05, 0) is 49.2 Å². The average molecular weight is 378 g/mol. The maximum absolute atomic E-state index is 12.4. The van der Waals surface area contributed by atoms with E-state index in [2.05, 4.69) is 10.1 Å². The molecule has 8 nitrogen and oxygen atoms in total. The van der Waals surface area contributed by atoms with Crippen LogP contribution in [0.1, 0.15) is 33.8 Å². The van der Waals surface area contributed by atoms with Gasteiger partial charge in [0.2, 0.25) is 5.09 Å². The van der Waals surface area contributed by atoms with Crippen LogP contribution in [0.25, 0.3) is 0 Å². The summed E-state index contributed by atoms with van der Waals surface area (Å²) in [6.07, 6.45) is 1.63. The molecule has 2 aromatic rings. The topological polar surface area (TPSA) is 106 Å². The van der Waals surface area contributed by atoms with Gasteiger partial charge in [0.1, 0.15) is 0 Å². The predicted octanol–water partition coefficient (Wildman–Crippen LogP) is 2.10. The zero-order valence-corrected chi connectivity index (χ0v) is 14.9. The van der Waals surface area contributed by atoms with E-state index in [1.807, 2.05) is 0 Å². The standard InChI is InChI=1S/C17H18N2O6S/c1-24-17(21)12-4-6-13(7-5-12)18-16(20)14-8-9-15(25-14)26(22,23)19-10-2-3-11-19/h4-9H,2-3,10-11H2,1H3,(H,18,20). The molecule has 1 aromatic heterocycles. The Kier molecular flexibility index (Phi) is 5.10. The van der Waals surface area contributed by atoms with Crippen LogP contribution in [0.5, 0.6) is 0 Å². The second-order valence-electron chi connectivity index (χ2n) is 5.75. The zero-order chi connectivity index (χ0) is 18.7. The maximum Gasteiger partial charge on any atom is 0.337 e. The fourth-order valence-corrected chi connectivity index (χ4v) is 4.07. The molecule has 9 heteroatoms. The Morgan fingerprint density at radius 3 is 2.35 bits per heavy atom. The third kappa shape index (κ3) is 3.63. The first-order valence-corrected chi connectivity index (χ1v) is 9.45. The van der Waals surface area contributed by atoms with Gasteiger partial charge in [0.25, 0.3) is 15.9 Å². The van der Waals surface area contributed by atoms with Crippen LogP contribution in [-0.4, -0.2) is 44.8 Å². The van der Waals surface area contributed by atoms with Gasteiger partial charge in [0, 0.05) is 18.8 Å². The molecule has 1 aliphatic rings. The minimum absolute atomic E-state index is 0.111. The fraction of sp³-hybridized carbons (Fsp3) is 0.294. The van der Waals surface area contributed by atoms with Crippen molar-refractivity contribution in [2.75, 3.05) is 25.5 Å². The van der Waals surface area contributed by atoms with E-state index in [-0.39, 0.29) is 10.9 Å². The first-order valence-electron chi connectivity index (χ1n) is 8.01. The zero-order valence-electron chi connectivity index (χ0n) is 14.1. The van der Waals surface area contributed by atoms with Crippen molar-refractivity contribution in [2.45, 2.75) is 17.9 Å². The Balaban J connectivity index is 1.71. The summed E-state index contributed by atoms with van der Waals surface area (Å²) in [5.74, 6) is -1.18. The number of rotatable bonds is 5. The van der Waals surface area contributed by atoms with Crippen LogP contribution >= 0.6 is 0 Å². The second-order valence-corrected chi connectivity index (χ2v) is 7.62. The second kappa shape index (κ2) is 7.30. The van der Waals surface area contributed by atoms with Crippen LogP contribution in [0.3, 0.4) is 0 Å². The maximum atomic E-state index is 12.4. The number of esters is 1. The van der Waals surface area contributed by atoms with Crippen molar-refractivity contribution in [3.05, 3.63) is 47.7 Å². The molecule has 1 N–H and O–H groups in total. The van der Waals surface area contributed by atoms with Crippen molar-refractivity contribution < 1.29 is 27.2 Å². The van der Waals surface area contributed by atoms with E-state index in [1.165, 1.54) is 47.8 Å². The number of sulfonamides is 1. The number of anilines is 1. The Morgan fingerprint density at radius 1 is 1.08 bits per heavy atom. The molecule has 1 aromatic carbocycles. The van der Waals surface area contributed by atoms with E-state index in [4.69, 9.17) is 4.42 Å². The van der Waals surface area contributed by atoms with E-state index >= 15 is 0 Å². The first kappa shape index (κ1) is 18.2. The molecule has 0 spiro atoms. The smallest absolute Gasteiger partial charge is 0.337 e. The SMILES string of the molecule is COC(=O)c1ccc(NC(=O)c2ccc(S(=O)(=O)N3CCCC3)o2)cc1. The molecular formula is C17H18N2O6S. The molecule has 0 radical (unpaired) electrons. The van der Waals surface area contributed by atoms with E-state index in [9.17, 15) is 18.0 Å². The van der Waals surface area contributed by atoms with Gasteiger partial charge < -0.3 is 14.5 Å². The largest absolute Gasteiger partial charge is 0.465 e. The predicted molar refractivity (Wildman–Crippen MR) is 92.4 cm³/mol. The summed E-state index contributed by atoms with van der Waals surface area (Å²) in [6.45, 7) is 0.911. The molecule has 0 unspecified atom stereocenters. The first-order chi connectivity index (χ1) is 12.4. The van der Waals surface area contributed by atoms with Crippen LogP contribution in [-0.2, 0) is 14.8 Å². The van der Waals surface area contributed by atoms with Crippen molar-refractivity contribution in [3.8, 4) is 0 Å². The lowest BCUT2D eigenvalue weighted by Crippen LogP contribution is -2.27. The molecule has 0 saturated carbocycles. The summed E-state index contributed by atoms with van der Waals surface area (Å²) >= 11 is 0. The molecule has 1 saturated heterocycles. The molecular weight excluding hydrogens is 360 g/mol. The molecule has 26 heavy (non-hydrogen) atoms. The Hall–Kier alpha value is -2.65. The minimum Gasteiger partial charge on any atom is -0.465 e. The third-order valence-electron chi connectivity index (χ3n) is 4.03. The third-order valence-corrected chi connectivity index (χ3v) is 5.80. The molecule has 1 fully saturated rings. The van der Waals surface area contributed by atoms with Gasteiger partial charge in [-0.1, -0.05) is 0 Å². The number of nitrogens with zero attached hydrogens (tertiary/aromatic N) is 1. The minimum atomic E-state index is -3.71. The van der Waals surface area contributed by atoms with Gasteiger partial charge in [-0.3, -0.25) is 4.79 Å². The van der Waals surface area contributed by atoms with Crippen molar-refractivity contribution in [3.63, 3.8) is 0 Å². The summed E-state index contributed by atoms with van der Waals surface area (Å²) in [5.41, 5.74) is 0.783. The number of ether oxygens (including phenoxy) is 1. The number of hydrogen-bond acceptors (Lipinski definition) is 6. The number of carbonyl (C=O) groups excluding carboxylic acids is 2. The van der Waals surface area contributed by atoms with Crippen LogP contribution in [0, 0.1) is 0 Å². The molecule has 0 atom stereocenters. The van der Waals surface area contributed by atoms with E-state index in [1.54, 1.807) is 0 Å². The molecule has 2 heterocycles. The summed E-state index contributed by atoms with van der Waals surface area (Å²) < 4.78 is 36.0. The average Bonchev–Trinajstić information content (AvgIpc) is 3.33. The van der Waals surface area contributed by atoms with Gasteiger partial charge in [0.05, 0.1) is 12.7 Å². The summed E-state index contributed by atoms with van der Waals surface area (Å²) in [7, 11) is -2.43. The molecule has 0 aliphatic carbocycles. The Morgan fingerprint density at radius 2 is 1.73 bits per heavy atom. The van der Waals surface area contributed by atoms with Crippen molar-refractivity contribution in [1.82, 2.24) is 4.31 Å². The fourth-order valence-electron chi connectivity index (χ4n) is 2.64. The van der Waals surface area contributed by atoms with Gasteiger partial charge in [-0.25, -0.2) is 13.2 Å². The van der Waals surface area contributed by atoms with Crippen LogP contribution < -0.4 is 5.32 Å². The van der Waals surface area contributed by atoms with Crippen LogP contribution in [0.2, 0.25) is 0 Å². The van der Waals surface area contributed by atoms with E-state index in [0.29, 0.717) is 24.3 Å². The number of carbonyl (C=O) groups is 2. The van der Waals surface area contributed by atoms with Crippen LogP contribution in [0.4, 0.5) is 5.69 Å². The van der Waals surface area contributed by atoms with Crippen molar-refractivity contribution in [1.29, 1.82) is 0 Å². The van der Waals surface area contributed by atoms with Gasteiger partial charge in [-0.2, -0.15) is 4.31 Å². The number of hydrogen-bond donors (Lipinski definition) is 1. The highest BCUT2D eigenvalue weighted by Gasteiger charge is 2.30. The van der Waals surface area contributed by atoms with Gasteiger partial charge in [0.15, 0.2) is 5.76 Å². The normalized spacial score (nSPS) is 15.0. The lowest BCUT2D eigenvalue weighted by atomic mass is 10.2. The lowest BCUT2D eigenvalue weighted by Gasteiger charge is -2.12. The Bertz CT molecular complexity index is 911. The summed E-state index contributed by atoms with van der Waals surface area (Å²) in [6, 6.07) is 8.69. The quantitative estimate of drug-likeness (QED) is 0.799. The summed E-state index contributed by atoms with van der Waals surface area (Å²) in [4.78, 5) is 23.6. The molecule has 138 valence electrons. The number of methoxy groups -OCH3 is 1. The lowest BCUT2D eigenvalue weighted by molar-refractivity contribution is 0.0600. The van der Waals surface area contributed by atoms with Crippen molar-refractivity contribution >= 4 is 27.6 Å². The number of furan rings is 1. The monoisotopic (exact) mass is 378 g/mol.